The maximum Gasteiger partial charge on any atom is 0.239 e. The molecule has 0 aliphatic carbocycles. The molecule has 4 rings (SSSR count). The Kier molecular flexibility index (Phi) is 10.7. The average Bonchev–Trinajstić information content (AvgIpc) is 3.41. The summed E-state index contributed by atoms with van der Waals surface area (Å²) in [5.41, 5.74) is 1.98. The Morgan fingerprint density at radius 2 is 1.59 bits per heavy atom. The summed E-state index contributed by atoms with van der Waals surface area (Å²) >= 11 is 12.0. The molecular formula is C27H31Cl2N7O. The van der Waals surface area contributed by atoms with Crippen molar-refractivity contribution in [1.29, 1.82) is 0 Å². The van der Waals surface area contributed by atoms with Crippen molar-refractivity contribution in [2.75, 3.05) is 17.2 Å². The van der Waals surface area contributed by atoms with E-state index >= 15 is 0 Å². The molecule has 0 saturated heterocycles. The standard InChI is InChI=1S/C23H21Cl2N7O.C4H10/c24-18-6-4-16(5-7-18)12-29-22(33)14-28-21-11-20(27-13-17-2-1-3-19(25)10-17)30-23(31-21)32-9-8-26-15-32;1-4(2)3/h1-11,15H,12-14H2,(H,29,33)(H2,27,28,30,31);4H,1-3H3. The molecule has 194 valence electrons. The topological polar surface area (TPSA) is 96.8 Å². The molecule has 2 aromatic heterocycles. The molecule has 0 bridgehead atoms. The van der Waals surface area contributed by atoms with Gasteiger partial charge in [-0.15, -0.1) is 0 Å². The van der Waals surface area contributed by atoms with E-state index in [0.29, 0.717) is 40.7 Å². The molecule has 0 radical (unpaired) electrons. The number of halogens is 2. The fourth-order valence-corrected chi connectivity index (χ4v) is 3.32. The minimum atomic E-state index is -0.166. The monoisotopic (exact) mass is 539 g/mol. The predicted molar refractivity (Wildman–Crippen MR) is 150 cm³/mol. The summed E-state index contributed by atoms with van der Waals surface area (Å²) in [4.78, 5) is 25.4. The highest BCUT2D eigenvalue weighted by Gasteiger charge is 2.09. The number of carbonyl (C=O) groups is 1. The number of hydrogen-bond acceptors (Lipinski definition) is 6. The zero-order valence-corrected chi connectivity index (χ0v) is 22.6. The van der Waals surface area contributed by atoms with E-state index < -0.39 is 0 Å². The van der Waals surface area contributed by atoms with Crippen LogP contribution in [-0.2, 0) is 17.9 Å². The van der Waals surface area contributed by atoms with Crippen LogP contribution in [0.2, 0.25) is 10.0 Å². The summed E-state index contributed by atoms with van der Waals surface area (Å²) in [7, 11) is 0. The van der Waals surface area contributed by atoms with Crippen LogP contribution in [0.5, 0.6) is 0 Å². The molecule has 0 aliphatic heterocycles. The van der Waals surface area contributed by atoms with Gasteiger partial charge in [0.25, 0.3) is 0 Å². The number of carbonyl (C=O) groups excluding carboxylic acids is 1. The number of aromatic nitrogens is 4. The normalized spacial score (nSPS) is 10.4. The molecule has 0 unspecified atom stereocenters. The summed E-state index contributed by atoms with van der Waals surface area (Å²) < 4.78 is 1.69. The minimum Gasteiger partial charge on any atom is -0.366 e. The van der Waals surface area contributed by atoms with E-state index in [0.717, 1.165) is 17.0 Å². The lowest BCUT2D eigenvalue weighted by molar-refractivity contribution is -0.119. The van der Waals surface area contributed by atoms with Crippen molar-refractivity contribution in [2.24, 2.45) is 5.92 Å². The van der Waals surface area contributed by atoms with Crippen LogP contribution in [0.3, 0.4) is 0 Å². The van der Waals surface area contributed by atoms with Gasteiger partial charge in [-0.3, -0.25) is 9.36 Å². The van der Waals surface area contributed by atoms with Gasteiger partial charge in [0, 0.05) is 41.6 Å². The van der Waals surface area contributed by atoms with Gasteiger partial charge in [-0.05, 0) is 41.3 Å². The van der Waals surface area contributed by atoms with Gasteiger partial charge in [-0.1, -0.05) is 68.2 Å². The number of nitrogens with one attached hydrogen (secondary N) is 3. The minimum absolute atomic E-state index is 0.0572. The molecule has 2 aromatic carbocycles. The maximum absolute atomic E-state index is 12.3. The van der Waals surface area contributed by atoms with Crippen molar-refractivity contribution in [3.05, 3.63) is 94.5 Å². The molecule has 0 aliphatic rings. The van der Waals surface area contributed by atoms with Crippen LogP contribution in [0.25, 0.3) is 5.95 Å². The van der Waals surface area contributed by atoms with Crippen LogP contribution >= 0.6 is 23.2 Å². The van der Waals surface area contributed by atoms with E-state index in [1.54, 1.807) is 41.5 Å². The zero-order valence-electron chi connectivity index (χ0n) is 21.1. The summed E-state index contributed by atoms with van der Waals surface area (Å²) in [5.74, 6) is 2.19. The Labute approximate surface area is 227 Å². The number of hydrogen-bond donors (Lipinski definition) is 3. The molecule has 3 N–H and O–H groups in total. The second-order valence-electron chi connectivity index (χ2n) is 8.88. The zero-order chi connectivity index (χ0) is 26.6. The molecule has 1 amide bonds. The third-order valence-electron chi connectivity index (χ3n) is 4.65. The highest BCUT2D eigenvalue weighted by atomic mass is 35.5. The first-order chi connectivity index (χ1) is 17.8. The molecule has 0 spiro atoms. The first-order valence-electron chi connectivity index (χ1n) is 11.9. The van der Waals surface area contributed by atoms with E-state index in [1.165, 1.54) is 0 Å². The maximum atomic E-state index is 12.3. The quantitative estimate of drug-likeness (QED) is 0.242. The first kappa shape index (κ1) is 28.0. The van der Waals surface area contributed by atoms with Gasteiger partial charge >= 0.3 is 0 Å². The lowest BCUT2D eigenvalue weighted by atomic mass is 10.2. The smallest absolute Gasteiger partial charge is 0.239 e. The molecule has 0 fully saturated rings. The second-order valence-corrected chi connectivity index (χ2v) is 9.75. The fraction of sp³-hybridized carbons (Fsp3) is 0.259. The average molecular weight is 540 g/mol. The van der Waals surface area contributed by atoms with E-state index in [9.17, 15) is 4.79 Å². The third kappa shape index (κ3) is 10.1. The van der Waals surface area contributed by atoms with Gasteiger partial charge in [0.2, 0.25) is 11.9 Å². The highest BCUT2D eigenvalue weighted by molar-refractivity contribution is 6.30. The Morgan fingerprint density at radius 1 is 0.892 bits per heavy atom. The SMILES string of the molecule is CC(C)C.O=C(CNc1cc(NCc2cccc(Cl)c2)nc(-n2ccnc2)n1)NCc1ccc(Cl)cc1. The van der Waals surface area contributed by atoms with Crippen molar-refractivity contribution in [2.45, 2.75) is 33.9 Å². The number of imidazole rings is 1. The van der Waals surface area contributed by atoms with Gasteiger partial charge in [-0.25, -0.2) is 4.98 Å². The Bertz CT molecular complexity index is 1260. The van der Waals surface area contributed by atoms with Gasteiger partial charge in [0.05, 0.1) is 6.54 Å². The van der Waals surface area contributed by atoms with Crippen molar-refractivity contribution in [1.82, 2.24) is 24.8 Å². The largest absolute Gasteiger partial charge is 0.366 e. The Morgan fingerprint density at radius 3 is 2.24 bits per heavy atom. The van der Waals surface area contributed by atoms with Crippen LogP contribution in [-0.4, -0.2) is 32.0 Å². The molecule has 8 nitrogen and oxygen atoms in total. The molecule has 4 aromatic rings. The third-order valence-corrected chi connectivity index (χ3v) is 5.13. The van der Waals surface area contributed by atoms with Crippen molar-refractivity contribution in [3.63, 3.8) is 0 Å². The number of rotatable bonds is 9. The molecular weight excluding hydrogens is 509 g/mol. The molecule has 2 heterocycles. The van der Waals surface area contributed by atoms with Crippen LogP contribution in [0.4, 0.5) is 11.6 Å². The number of nitrogens with zero attached hydrogens (tertiary/aromatic N) is 4. The van der Waals surface area contributed by atoms with Crippen LogP contribution in [0.1, 0.15) is 31.9 Å². The summed E-state index contributed by atoms with van der Waals surface area (Å²) in [5, 5.41) is 10.5. The number of benzene rings is 2. The van der Waals surface area contributed by atoms with Crippen LogP contribution in [0, 0.1) is 5.92 Å². The molecule has 0 saturated carbocycles. The summed E-state index contributed by atoms with van der Waals surface area (Å²) in [6.07, 6.45) is 5.00. The van der Waals surface area contributed by atoms with Gasteiger partial charge in [0.1, 0.15) is 18.0 Å². The van der Waals surface area contributed by atoms with Crippen molar-refractivity contribution < 1.29 is 4.79 Å². The van der Waals surface area contributed by atoms with Crippen LogP contribution < -0.4 is 16.0 Å². The van der Waals surface area contributed by atoms with E-state index in [4.69, 9.17) is 23.2 Å². The van der Waals surface area contributed by atoms with Crippen molar-refractivity contribution in [3.8, 4) is 5.95 Å². The molecule has 0 atom stereocenters. The van der Waals surface area contributed by atoms with Gasteiger partial charge < -0.3 is 16.0 Å². The van der Waals surface area contributed by atoms with Crippen molar-refractivity contribution >= 4 is 40.7 Å². The molecule has 10 heteroatoms. The second kappa shape index (κ2) is 14.2. The number of anilines is 2. The van der Waals surface area contributed by atoms with E-state index in [2.05, 4.69) is 51.7 Å². The predicted octanol–water partition coefficient (Wildman–Crippen LogP) is 5.97. The fourth-order valence-electron chi connectivity index (χ4n) is 2.98. The van der Waals surface area contributed by atoms with E-state index in [1.807, 2.05) is 36.4 Å². The van der Waals surface area contributed by atoms with Gasteiger partial charge in [0.15, 0.2) is 0 Å². The lowest BCUT2D eigenvalue weighted by Crippen LogP contribution is -2.29. The van der Waals surface area contributed by atoms with E-state index in [-0.39, 0.29) is 12.5 Å². The lowest BCUT2D eigenvalue weighted by Gasteiger charge is -2.12. The molecule has 37 heavy (non-hydrogen) atoms. The number of amides is 1. The first-order valence-corrected chi connectivity index (χ1v) is 12.6. The van der Waals surface area contributed by atoms with Crippen LogP contribution in [0.15, 0.2) is 73.3 Å². The highest BCUT2D eigenvalue weighted by Crippen LogP contribution is 2.16. The summed E-state index contributed by atoms with van der Waals surface area (Å²) in [6, 6.07) is 16.6. The van der Waals surface area contributed by atoms with Gasteiger partial charge in [-0.2, -0.15) is 9.97 Å². The Hall–Kier alpha value is -3.62. The Balaban J connectivity index is 0.000000886. The summed E-state index contributed by atoms with van der Waals surface area (Å²) in [6.45, 7) is 7.50.